The van der Waals surface area contributed by atoms with Crippen molar-refractivity contribution in [1.29, 1.82) is 0 Å². The zero-order chi connectivity index (χ0) is 25.4. The van der Waals surface area contributed by atoms with Crippen LogP contribution in [0.5, 0.6) is 0 Å². The molecule has 1 aliphatic heterocycles. The number of nitrogens with zero attached hydrogens (tertiary/aromatic N) is 3. The van der Waals surface area contributed by atoms with Crippen LogP contribution in [0.2, 0.25) is 0 Å². The van der Waals surface area contributed by atoms with Crippen LogP contribution in [0, 0.1) is 5.82 Å². The Morgan fingerprint density at radius 3 is 2.57 bits per heavy atom. The van der Waals surface area contributed by atoms with E-state index in [-0.39, 0.29) is 18.2 Å². The number of carbonyl (C=O) groups is 2. The fourth-order valence-electron chi connectivity index (χ4n) is 3.77. The Labute approximate surface area is 197 Å². The summed E-state index contributed by atoms with van der Waals surface area (Å²) >= 11 is 0. The molecule has 3 heterocycles. The molecule has 13 heteroatoms. The lowest BCUT2D eigenvalue weighted by atomic mass is 9.92. The second-order valence-corrected chi connectivity index (χ2v) is 8.88. The molecule has 186 valence electrons. The van der Waals surface area contributed by atoms with Gasteiger partial charge in [0.2, 0.25) is 0 Å². The van der Waals surface area contributed by atoms with E-state index in [4.69, 9.17) is 0 Å². The van der Waals surface area contributed by atoms with Gasteiger partial charge in [-0.25, -0.2) is 27.7 Å². The number of fused-ring (bicyclic) bond motifs is 1. The lowest BCUT2D eigenvalue weighted by Crippen LogP contribution is -2.44. The lowest BCUT2D eigenvalue weighted by Gasteiger charge is -2.30. The van der Waals surface area contributed by atoms with Crippen molar-refractivity contribution in [2.24, 2.45) is 0 Å². The molecule has 1 aromatic carbocycles. The Hall–Kier alpha value is -3.87. The minimum Gasteiger partial charge on any atom is -0.388 e. The highest BCUT2D eigenvalue weighted by Crippen LogP contribution is 2.29. The number of rotatable bonds is 5. The number of pyridine rings is 1. The van der Waals surface area contributed by atoms with Crippen molar-refractivity contribution < 1.29 is 27.9 Å². The summed E-state index contributed by atoms with van der Waals surface area (Å²) in [5, 5.41) is 25.3. The van der Waals surface area contributed by atoms with Crippen molar-refractivity contribution in [2.75, 3.05) is 23.7 Å². The van der Waals surface area contributed by atoms with Gasteiger partial charge in [0, 0.05) is 25.2 Å². The van der Waals surface area contributed by atoms with Gasteiger partial charge in [-0.15, -0.1) is 0 Å². The minimum atomic E-state index is -2.91. The number of urea groups is 2. The molecule has 1 unspecified atom stereocenters. The van der Waals surface area contributed by atoms with Gasteiger partial charge < -0.3 is 15.3 Å². The number of hydrogen-bond acceptors (Lipinski definition) is 5. The highest BCUT2D eigenvalue weighted by molar-refractivity contribution is 6.00. The number of hydrogen-bond donors (Lipinski definition) is 5. The van der Waals surface area contributed by atoms with E-state index in [9.17, 15) is 27.9 Å². The third-order valence-corrected chi connectivity index (χ3v) is 5.56. The first kappa shape index (κ1) is 24.3. The fraction of sp³-hybridized carbons (Fsp3) is 0.364. The Kier molecular flexibility index (Phi) is 6.28. The first-order valence-corrected chi connectivity index (χ1v) is 10.7. The molecular weight excluding hydrogens is 467 g/mol. The van der Waals surface area contributed by atoms with Gasteiger partial charge in [0.15, 0.2) is 5.82 Å². The van der Waals surface area contributed by atoms with Crippen molar-refractivity contribution in [3.8, 4) is 0 Å². The Balaban J connectivity index is 1.43. The summed E-state index contributed by atoms with van der Waals surface area (Å²) in [5.74, 6) is -3.10. The number of likely N-dealkylation sites (tertiary alicyclic amines) is 1. The molecule has 0 radical (unpaired) electrons. The Bertz CT molecular complexity index is 1240. The zero-order valence-electron chi connectivity index (χ0n) is 18.9. The maximum atomic E-state index is 13.4. The molecule has 35 heavy (non-hydrogen) atoms. The van der Waals surface area contributed by atoms with Gasteiger partial charge in [-0.05, 0) is 31.5 Å². The predicted octanol–water partition coefficient (Wildman–Crippen LogP) is 3.60. The van der Waals surface area contributed by atoms with Crippen LogP contribution in [-0.2, 0) is 0 Å². The van der Waals surface area contributed by atoms with Crippen molar-refractivity contribution in [1.82, 2.24) is 25.4 Å². The van der Waals surface area contributed by atoms with Crippen LogP contribution < -0.4 is 16.0 Å². The van der Waals surface area contributed by atoms with Crippen LogP contribution >= 0.6 is 0 Å². The standard InChI is InChI=1S/C22H24F3N7O3/c1-21(2,35)17(12-3-5-13(23)6-4-12)28-19(33)27-16-9-15-14(10-26-16)18(31-30-15)29-20(34)32-8-7-22(24,25)11-32/h3-6,9-10,17,35H,7-8,11H2,1-2H3,(H2,26,27,28,33)(H2,29,30,31,34). The van der Waals surface area contributed by atoms with Crippen LogP contribution in [0.1, 0.15) is 31.9 Å². The van der Waals surface area contributed by atoms with E-state index < -0.39 is 48.4 Å². The first-order chi connectivity index (χ1) is 16.4. The topological polar surface area (TPSA) is 135 Å². The molecule has 10 nitrogen and oxygen atoms in total. The van der Waals surface area contributed by atoms with Crippen molar-refractivity contribution in [3.05, 3.63) is 47.9 Å². The number of halogens is 3. The quantitative estimate of drug-likeness (QED) is 0.372. The number of aromatic amines is 1. The summed E-state index contributed by atoms with van der Waals surface area (Å²) in [6.07, 6.45) is 0.964. The van der Waals surface area contributed by atoms with Gasteiger partial charge in [0.05, 0.1) is 29.1 Å². The summed E-state index contributed by atoms with van der Waals surface area (Å²) < 4.78 is 40.0. The predicted molar refractivity (Wildman–Crippen MR) is 122 cm³/mol. The van der Waals surface area contributed by atoms with Crippen LogP contribution in [-0.4, -0.2) is 61.9 Å². The van der Waals surface area contributed by atoms with Crippen LogP contribution in [0.3, 0.4) is 0 Å². The molecule has 3 aromatic rings. The van der Waals surface area contributed by atoms with Gasteiger partial charge in [-0.2, -0.15) is 5.10 Å². The SMILES string of the molecule is CC(C)(O)C(NC(=O)Nc1cc2[nH]nc(NC(=O)N3CCC(F)(F)C3)c2cn1)c1ccc(F)cc1. The highest BCUT2D eigenvalue weighted by atomic mass is 19.3. The number of benzene rings is 1. The number of aliphatic hydroxyl groups is 1. The minimum absolute atomic E-state index is 0.0633. The Morgan fingerprint density at radius 1 is 1.23 bits per heavy atom. The second-order valence-electron chi connectivity index (χ2n) is 8.88. The molecule has 1 saturated heterocycles. The van der Waals surface area contributed by atoms with E-state index >= 15 is 0 Å². The van der Waals surface area contributed by atoms with Crippen LogP contribution in [0.4, 0.5) is 34.4 Å². The largest absolute Gasteiger partial charge is 0.388 e. The van der Waals surface area contributed by atoms with Crippen molar-refractivity contribution in [3.63, 3.8) is 0 Å². The average molecular weight is 491 g/mol. The molecule has 5 N–H and O–H groups in total. The normalized spacial score (nSPS) is 16.2. The number of alkyl halides is 2. The molecule has 0 saturated carbocycles. The number of H-pyrrole nitrogens is 1. The number of aromatic nitrogens is 3. The Morgan fingerprint density at radius 2 is 1.94 bits per heavy atom. The number of anilines is 2. The molecule has 4 rings (SSSR count). The third kappa shape index (κ3) is 5.62. The number of nitrogens with one attached hydrogen (secondary N) is 4. The van der Waals surface area contributed by atoms with E-state index in [1.54, 1.807) is 0 Å². The van der Waals surface area contributed by atoms with Gasteiger partial charge >= 0.3 is 12.1 Å². The summed E-state index contributed by atoms with van der Waals surface area (Å²) in [4.78, 5) is 30.0. The summed E-state index contributed by atoms with van der Waals surface area (Å²) in [6.45, 7) is 2.29. The van der Waals surface area contributed by atoms with E-state index in [0.29, 0.717) is 16.5 Å². The zero-order valence-corrected chi connectivity index (χ0v) is 18.9. The highest BCUT2D eigenvalue weighted by Gasteiger charge is 2.40. The maximum absolute atomic E-state index is 13.4. The van der Waals surface area contributed by atoms with Gasteiger partial charge in [-0.1, -0.05) is 12.1 Å². The van der Waals surface area contributed by atoms with Gasteiger partial charge in [0.1, 0.15) is 11.6 Å². The van der Waals surface area contributed by atoms with Crippen molar-refractivity contribution in [2.45, 2.75) is 37.8 Å². The summed E-state index contributed by atoms with van der Waals surface area (Å²) in [5.41, 5.74) is -0.431. The molecular formula is C22H24F3N7O3. The molecule has 1 aliphatic rings. The van der Waals surface area contributed by atoms with E-state index in [0.717, 1.165) is 4.90 Å². The lowest BCUT2D eigenvalue weighted by molar-refractivity contribution is 0.0159. The molecule has 0 bridgehead atoms. The van der Waals surface area contributed by atoms with E-state index in [1.165, 1.54) is 50.4 Å². The fourth-order valence-corrected chi connectivity index (χ4v) is 3.77. The van der Waals surface area contributed by atoms with Gasteiger partial charge in [-0.3, -0.25) is 15.7 Å². The van der Waals surface area contributed by atoms with E-state index in [2.05, 4.69) is 31.1 Å². The van der Waals surface area contributed by atoms with Crippen molar-refractivity contribution >= 4 is 34.6 Å². The summed E-state index contributed by atoms with van der Waals surface area (Å²) in [7, 11) is 0. The molecule has 0 aliphatic carbocycles. The smallest absolute Gasteiger partial charge is 0.323 e. The second kappa shape index (κ2) is 9.06. The number of carbonyl (C=O) groups excluding carboxylic acids is 2. The van der Waals surface area contributed by atoms with Crippen LogP contribution in [0.15, 0.2) is 36.5 Å². The molecule has 2 aromatic heterocycles. The van der Waals surface area contributed by atoms with Crippen LogP contribution in [0.25, 0.3) is 10.9 Å². The molecule has 4 amide bonds. The molecule has 1 fully saturated rings. The monoisotopic (exact) mass is 491 g/mol. The molecule has 0 spiro atoms. The summed E-state index contributed by atoms with van der Waals surface area (Å²) in [6, 6.07) is 4.64. The third-order valence-electron chi connectivity index (χ3n) is 5.56. The average Bonchev–Trinajstić information content (AvgIpc) is 3.34. The first-order valence-electron chi connectivity index (χ1n) is 10.7. The van der Waals surface area contributed by atoms with E-state index in [1.807, 2.05) is 0 Å². The number of amides is 4. The molecule has 1 atom stereocenters. The maximum Gasteiger partial charge on any atom is 0.323 e. The van der Waals surface area contributed by atoms with Gasteiger partial charge in [0.25, 0.3) is 5.92 Å².